The van der Waals surface area contributed by atoms with Crippen LogP contribution in [0, 0.1) is 5.92 Å². The van der Waals surface area contributed by atoms with Gasteiger partial charge in [0.25, 0.3) is 0 Å². The summed E-state index contributed by atoms with van der Waals surface area (Å²) < 4.78 is 16.9. The van der Waals surface area contributed by atoms with E-state index in [4.69, 9.17) is 14.2 Å². The predicted molar refractivity (Wildman–Crippen MR) is 117 cm³/mol. The molecule has 1 fully saturated rings. The number of rotatable bonds is 7. The summed E-state index contributed by atoms with van der Waals surface area (Å²) in [6.07, 6.45) is 2.27. The van der Waals surface area contributed by atoms with Gasteiger partial charge in [-0.15, -0.1) is 12.4 Å². The van der Waals surface area contributed by atoms with E-state index in [2.05, 4.69) is 4.90 Å². The van der Waals surface area contributed by atoms with Crippen LogP contribution in [0.3, 0.4) is 0 Å². The lowest BCUT2D eigenvalue weighted by Crippen LogP contribution is -2.47. The molecule has 1 aliphatic rings. The first-order chi connectivity index (χ1) is 13.4. The monoisotopic (exact) mass is 421 g/mol. The molecule has 0 aliphatic heterocycles. The summed E-state index contributed by atoms with van der Waals surface area (Å²) in [5, 5.41) is 11.7. The van der Waals surface area contributed by atoms with Gasteiger partial charge in [-0.3, -0.25) is 0 Å². The predicted octanol–water partition coefficient (Wildman–Crippen LogP) is 4.12. The molecule has 3 atom stereocenters. The molecular weight excluding hydrogens is 390 g/mol. The van der Waals surface area contributed by atoms with Crippen LogP contribution in [0.2, 0.25) is 0 Å². The van der Waals surface area contributed by atoms with Crippen molar-refractivity contribution < 1.29 is 19.3 Å². The van der Waals surface area contributed by atoms with E-state index in [-0.39, 0.29) is 24.4 Å². The fourth-order valence-corrected chi connectivity index (χ4v) is 4.13. The Bertz CT molecular complexity index is 785. The van der Waals surface area contributed by atoms with Gasteiger partial charge in [-0.1, -0.05) is 18.2 Å². The lowest BCUT2D eigenvalue weighted by molar-refractivity contribution is -0.0875. The number of benzene rings is 2. The Labute approximate surface area is 180 Å². The van der Waals surface area contributed by atoms with E-state index in [1.165, 1.54) is 0 Å². The molecular formula is C23H32ClNO4. The van der Waals surface area contributed by atoms with E-state index in [0.717, 1.165) is 42.2 Å². The number of aliphatic hydroxyl groups is 1. The van der Waals surface area contributed by atoms with Crippen molar-refractivity contribution in [3.63, 3.8) is 0 Å². The van der Waals surface area contributed by atoms with Gasteiger partial charge in [0.1, 0.15) is 17.2 Å². The van der Waals surface area contributed by atoms with Crippen molar-refractivity contribution in [2.75, 3.05) is 34.9 Å². The quantitative estimate of drug-likeness (QED) is 0.728. The van der Waals surface area contributed by atoms with Crippen molar-refractivity contribution in [3.05, 3.63) is 54.1 Å². The highest BCUT2D eigenvalue weighted by atomic mass is 35.5. The number of halogens is 1. The molecule has 0 amide bonds. The Morgan fingerprint density at radius 3 is 2.28 bits per heavy atom. The molecule has 6 heteroatoms. The SMILES string of the molecule is COc1cccc(OC2CCC(O)(c3cccc(OC)c3)C(CN(C)C)C2)c1.Cl. The molecule has 2 aromatic rings. The van der Waals surface area contributed by atoms with E-state index < -0.39 is 5.60 Å². The number of nitrogens with zero attached hydrogens (tertiary/aromatic N) is 1. The van der Waals surface area contributed by atoms with Gasteiger partial charge >= 0.3 is 0 Å². The maximum Gasteiger partial charge on any atom is 0.123 e. The average Bonchev–Trinajstić information content (AvgIpc) is 2.70. The molecule has 1 N–H and O–H groups in total. The molecule has 0 radical (unpaired) electrons. The molecule has 0 saturated heterocycles. The Morgan fingerprint density at radius 2 is 1.62 bits per heavy atom. The number of hydrogen-bond acceptors (Lipinski definition) is 5. The molecule has 5 nitrogen and oxygen atoms in total. The molecule has 160 valence electrons. The maximum absolute atomic E-state index is 11.7. The molecule has 0 bridgehead atoms. The van der Waals surface area contributed by atoms with Crippen LogP contribution in [0.1, 0.15) is 24.8 Å². The number of methoxy groups -OCH3 is 2. The lowest BCUT2D eigenvalue weighted by Gasteiger charge is -2.44. The molecule has 1 saturated carbocycles. The third-order valence-electron chi connectivity index (χ3n) is 5.57. The van der Waals surface area contributed by atoms with E-state index in [0.29, 0.717) is 6.42 Å². The normalized spacial score (nSPS) is 23.9. The minimum absolute atomic E-state index is 0. The fourth-order valence-electron chi connectivity index (χ4n) is 4.13. The summed E-state index contributed by atoms with van der Waals surface area (Å²) in [5.41, 5.74) is 0.0195. The lowest BCUT2D eigenvalue weighted by atomic mass is 9.70. The second-order valence-corrected chi connectivity index (χ2v) is 7.81. The molecule has 29 heavy (non-hydrogen) atoms. The first-order valence-corrected chi connectivity index (χ1v) is 9.77. The van der Waals surface area contributed by atoms with Crippen molar-refractivity contribution >= 4 is 12.4 Å². The highest BCUT2D eigenvalue weighted by Crippen LogP contribution is 2.44. The van der Waals surface area contributed by atoms with E-state index in [1.807, 2.05) is 62.6 Å². The second-order valence-electron chi connectivity index (χ2n) is 7.81. The van der Waals surface area contributed by atoms with Crippen molar-refractivity contribution in [2.45, 2.75) is 31.0 Å². The summed E-state index contributed by atoms with van der Waals surface area (Å²) in [4.78, 5) is 2.13. The standard InChI is InChI=1S/C23H31NO4.ClH/c1-24(2)16-18-14-22(28-21-10-6-9-20(15-21)27-4)11-12-23(18,25)17-7-5-8-19(13-17)26-3;/h5-10,13,15,18,22,25H,11-12,14,16H2,1-4H3;1H. The Balaban J connectivity index is 0.00000300. The Kier molecular flexibility index (Phi) is 8.20. The van der Waals surface area contributed by atoms with Crippen LogP contribution in [0.25, 0.3) is 0 Å². The molecule has 1 aliphatic carbocycles. The van der Waals surface area contributed by atoms with Crippen LogP contribution < -0.4 is 14.2 Å². The molecule has 3 unspecified atom stereocenters. The first-order valence-electron chi connectivity index (χ1n) is 9.77. The van der Waals surface area contributed by atoms with E-state index in [1.54, 1.807) is 14.2 Å². The molecule has 0 heterocycles. The van der Waals surface area contributed by atoms with E-state index in [9.17, 15) is 5.11 Å². The van der Waals surface area contributed by atoms with Crippen molar-refractivity contribution in [1.82, 2.24) is 4.90 Å². The van der Waals surface area contributed by atoms with Gasteiger partial charge in [-0.2, -0.15) is 0 Å². The fraction of sp³-hybridized carbons (Fsp3) is 0.478. The Morgan fingerprint density at radius 1 is 1.00 bits per heavy atom. The van der Waals surface area contributed by atoms with Gasteiger partial charge in [0, 0.05) is 18.5 Å². The minimum atomic E-state index is -0.896. The summed E-state index contributed by atoms with van der Waals surface area (Å²) in [5.74, 6) is 2.41. The van der Waals surface area contributed by atoms with Crippen LogP contribution in [-0.4, -0.2) is 51.0 Å². The highest BCUT2D eigenvalue weighted by Gasteiger charge is 2.44. The molecule has 2 aromatic carbocycles. The van der Waals surface area contributed by atoms with Crippen LogP contribution >= 0.6 is 12.4 Å². The van der Waals surface area contributed by atoms with Gasteiger partial charge < -0.3 is 24.2 Å². The average molecular weight is 422 g/mol. The zero-order chi connectivity index (χ0) is 20.1. The third-order valence-corrected chi connectivity index (χ3v) is 5.57. The van der Waals surface area contributed by atoms with Crippen LogP contribution in [-0.2, 0) is 5.60 Å². The minimum Gasteiger partial charge on any atom is -0.497 e. The second kappa shape index (κ2) is 10.2. The van der Waals surface area contributed by atoms with Crippen molar-refractivity contribution in [3.8, 4) is 17.2 Å². The van der Waals surface area contributed by atoms with Crippen LogP contribution in [0.15, 0.2) is 48.5 Å². The topological polar surface area (TPSA) is 51.2 Å². The zero-order valence-corrected chi connectivity index (χ0v) is 18.4. The van der Waals surface area contributed by atoms with Gasteiger partial charge in [0.15, 0.2) is 0 Å². The number of hydrogen-bond donors (Lipinski definition) is 1. The summed E-state index contributed by atoms with van der Waals surface area (Å²) in [6, 6.07) is 15.5. The van der Waals surface area contributed by atoms with Gasteiger partial charge in [0.2, 0.25) is 0 Å². The van der Waals surface area contributed by atoms with Crippen LogP contribution in [0.5, 0.6) is 17.2 Å². The van der Waals surface area contributed by atoms with Crippen LogP contribution in [0.4, 0.5) is 0 Å². The molecule has 3 rings (SSSR count). The van der Waals surface area contributed by atoms with E-state index >= 15 is 0 Å². The first kappa shape index (κ1) is 23.3. The van der Waals surface area contributed by atoms with Gasteiger partial charge in [-0.25, -0.2) is 0 Å². The number of ether oxygens (including phenoxy) is 3. The third kappa shape index (κ3) is 5.56. The summed E-state index contributed by atoms with van der Waals surface area (Å²) in [7, 11) is 7.39. The molecule has 0 aromatic heterocycles. The Hall–Kier alpha value is -1.95. The zero-order valence-electron chi connectivity index (χ0n) is 17.6. The van der Waals surface area contributed by atoms with Crippen molar-refractivity contribution in [2.24, 2.45) is 5.92 Å². The molecule has 0 spiro atoms. The highest BCUT2D eigenvalue weighted by molar-refractivity contribution is 5.85. The smallest absolute Gasteiger partial charge is 0.123 e. The van der Waals surface area contributed by atoms with Gasteiger partial charge in [-0.05, 0) is 63.2 Å². The maximum atomic E-state index is 11.7. The summed E-state index contributed by atoms with van der Waals surface area (Å²) >= 11 is 0. The van der Waals surface area contributed by atoms with Gasteiger partial charge in [0.05, 0.1) is 25.9 Å². The largest absolute Gasteiger partial charge is 0.497 e. The summed E-state index contributed by atoms with van der Waals surface area (Å²) in [6.45, 7) is 0.783. The van der Waals surface area contributed by atoms with Crippen molar-refractivity contribution in [1.29, 1.82) is 0 Å².